The van der Waals surface area contributed by atoms with E-state index in [2.05, 4.69) is 13.8 Å². The van der Waals surface area contributed by atoms with Crippen LogP contribution in [0, 0.1) is 0 Å². The van der Waals surface area contributed by atoms with Gasteiger partial charge in [0, 0.05) is 0 Å². The molecule has 0 spiro atoms. The van der Waals surface area contributed by atoms with E-state index in [1.165, 1.54) is 5.57 Å². The maximum Gasteiger partial charge on any atom is 0.142 e. The van der Waals surface area contributed by atoms with E-state index in [0.29, 0.717) is 0 Å². The fourth-order valence-electron chi connectivity index (χ4n) is 0.795. The van der Waals surface area contributed by atoms with Gasteiger partial charge in [-0.2, -0.15) is 0 Å². The van der Waals surface area contributed by atoms with Crippen LogP contribution in [0.5, 0.6) is 0 Å². The fraction of sp³-hybridized carbons (Fsp3) is 0.625. The molecule has 0 radical (unpaired) electrons. The van der Waals surface area contributed by atoms with Gasteiger partial charge in [0.05, 0.1) is 0 Å². The second-order valence-electron chi connectivity index (χ2n) is 2.06. The molecule has 0 amide bonds. The van der Waals surface area contributed by atoms with Gasteiger partial charge >= 0.3 is 0 Å². The van der Waals surface area contributed by atoms with Gasteiger partial charge in [-0.25, -0.2) is 0 Å². The topological polar surface area (TPSA) is 17.1 Å². The first kappa shape index (κ1) is 8.41. The molecule has 0 unspecified atom stereocenters. The van der Waals surface area contributed by atoms with Crippen LogP contribution in [-0.2, 0) is 4.79 Å². The Morgan fingerprint density at radius 3 is 2.44 bits per heavy atom. The predicted octanol–water partition coefficient (Wildman–Crippen LogP) is 2.32. The summed E-state index contributed by atoms with van der Waals surface area (Å²) in [6.45, 7) is 4.19. The second-order valence-corrected chi connectivity index (χ2v) is 2.06. The van der Waals surface area contributed by atoms with E-state index in [1.54, 1.807) is 6.08 Å². The summed E-state index contributed by atoms with van der Waals surface area (Å²) in [4.78, 5) is 9.97. The molecule has 1 heteroatoms. The number of hydrogen-bond acceptors (Lipinski definition) is 1. The number of aldehydes is 1. The number of carbonyl (C=O) groups is 1. The Hall–Kier alpha value is -0.590. The molecule has 0 bridgehead atoms. The predicted molar refractivity (Wildman–Crippen MR) is 39.3 cm³/mol. The van der Waals surface area contributed by atoms with Crippen molar-refractivity contribution in [1.82, 2.24) is 0 Å². The summed E-state index contributed by atoms with van der Waals surface area (Å²) in [6, 6.07) is 0. The molecular formula is C8H14O. The number of rotatable bonds is 4. The lowest BCUT2D eigenvalue weighted by Crippen LogP contribution is -1.80. The third-order valence-electron chi connectivity index (χ3n) is 1.33. The molecule has 0 aliphatic heterocycles. The van der Waals surface area contributed by atoms with Crippen LogP contribution >= 0.6 is 0 Å². The average Bonchev–Trinajstić information content (AvgIpc) is 1.88. The molecule has 0 aromatic carbocycles. The van der Waals surface area contributed by atoms with Gasteiger partial charge in [0.25, 0.3) is 0 Å². The smallest absolute Gasteiger partial charge is 0.142 e. The Morgan fingerprint density at radius 2 is 2.11 bits per heavy atom. The van der Waals surface area contributed by atoms with Crippen molar-refractivity contribution >= 4 is 6.29 Å². The molecule has 0 saturated heterocycles. The quantitative estimate of drug-likeness (QED) is 0.417. The highest BCUT2D eigenvalue weighted by Gasteiger charge is 1.88. The third-order valence-corrected chi connectivity index (χ3v) is 1.33. The lowest BCUT2D eigenvalue weighted by atomic mass is 10.1. The zero-order valence-corrected chi connectivity index (χ0v) is 6.18. The Kier molecular flexibility index (Phi) is 5.18. The summed E-state index contributed by atoms with van der Waals surface area (Å²) >= 11 is 0. The van der Waals surface area contributed by atoms with Gasteiger partial charge in [0.1, 0.15) is 6.29 Å². The van der Waals surface area contributed by atoms with Crippen molar-refractivity contribution < 1.29 is 4.79 Å². The van der Waals surface area contributed by atoms with Gasteiger partial charge in [-0.1, -0.05) is 25.8 Å². The first-order chi connectivity index (χ1) is 4.35. The molecule has 0 rings (SSSR count). The molecule has 0 aliphatic carbocycles. The van der Waals surface area contributed by atoms with E-state index in [-0.39, 0.29) is 0 Å². The van der Waals surface area contributed by atoms with Crippen molar-refractivity contribution in [2.45, 2.75) is 33.1 Å². The normalized spacial score (nSPS) is 11.6. The van der Waals surface area contributed by atoms with E-state index >= 15 is 0 Å². The highest BCUT2D eigenvalue weighted by atomic mass is 16.1. The van der Waals surface area contributed by atoms with E-state index < -0.39 is 0 Å². The summed E-state index contributed by atoms with van der Waals surface area (Å²) in [6.07, 6.45) is 5.74. The van der Waals surface area contributed by atoms with E-state index in [4.69, 9.17) is 0 Å². The van der Waals surface area contributed by atoms with Gasteiger partial charge in [-0.15, -0.1) is 0 Å². The second kappa shape index (κ2) is 5.54. The molecule has 0 aromatic heterocycles. The fourth-order valence-corrected chi connectivity index (χ4v) is 0.795. The zero-order chi connectivity index (χ0) is 7.11. The molecule has 1 nitrogen and oxygen atoms in total. The molecule has 9 heavy (non-hydrogen) atoms. The maximum atomic E-state index is 9.97. The Morgan fingerprint density at radius 1 is 1.44 bits per heavy atom. The van der Waals surface area contributed by atoms with Crippen LogP contribution in [0.3, 0.4) is 0 Å². The largest absolute Gasteiger partial charge is 0.299 e. The molecule has 0 aromatic rings. The lowest BCUT2D eigenvalue weighted by molar-refractivity contribution is -0.104. The van der Waals surface area contributed by atoms with Crippen molar-refractivity contribution in [3.63, 3.8) is 0 Å². The number of allylic oxidation sites excluding steroid dienone is 2. The van der Waals surface area contributed by atoms with E-state index in [0.717, 1.165) is 25.5 Å². The first-order valence-electron chi connectivity index (χ1n) is 3.48. The Labute approximate surface area is 56.8 Å². The van der Waals surface area contributed by atoms with Crippen LogP contribution in [0.25, 0.3) is 0 Å². The van der Waals surface area contributed by atoms with Gasteiger partial charge in [0.2, 0.25) is 0 Å². The lowest BCUT2D eigenvalue weighted by Gasteiger charge is -1.96. The summed E-state index contributed by atoms with van der Waals surface area (Å²) in [5, 5.41) is 0. The first-order valence-corrected chi connectivity index (χ1v) is 3.48. The molecule has 0 aliphatic rings. The average molecular weight is 126 g/mol. The van der Waals surface area contributed by atoms with E-state index in [9.17, 15) is 4.79 Å². The van der Waals surface area contributed by atoms with Gasteiger partial charge in [-0.05, 0) is 18.9 Å². The molecule has 0 heterocycles. The summed E-state index contributed by atoms with van der Waals surface area (Å²) in [7, 11) is 0. The van der Waals surface area contributed by atoms with Gasteiger partial charge < -0.3 is 0 Å². The minimum Gasteiger partial charge on any atom is -0.299 e. The summed E-state index contributed by atoms with van der Waals surface area (Å²) in [5.41, 5.74) is 1.26. The Bertz CT molecular complexity index is 103. The molecule has 0 saturated carbocycles. The van der Waals surface area contributed by atoms with Crippen LogP contribution in [0.2, 0.25) is 0 Å². The van der Waals surface area contributed by atoms with Crippen LogP contribution < -0.4 is 0 Å². The number of carbonyl (C=O) groups excluding carboxylic acids is 1. The molecule has 0 atom stereocenters. The van der Waals surface area contributed by atoms with Crippen LogP contribution in [0.15, 0.2) is 11.6 Å². The van der Waals surface area contributed by atoms with Gasteiger partial charge in [0.15, 0.2) is 0 Å². The van der Waals surface area contributed by atoms with Crippen molar-refractivity contribution in [3.8, 4) is 0 Å². The zero-order valence-electron chi connectivity index (χ0n) is 6.18. The molecule has 52 valence electrons. The van der Waals surface area contributed by atoms with Crippen molar-refractivity contribution in [2.75, 3.05) is 0 Å². The van der Waals surface area contributed by atoms with Crippen molar-refractivity contribution in [1.29, 1.82) is 0 Å². The van der Waals surface area contributed by atoms with Crippen LogP contribution in [-0.4, -0.2) is 6.29 Å². The summed E-state index contributed by atoms with van der Waals surface area (Å²) in [5.74, 6) is 0. The van der Waals surface area contributed by atoms with Crippen molar-refractivity contribution in [2.24, 2.45) is 0 Å². The molecule has 0 fully saturated rings. The van der Waals surface area contributed by atoms with Crippen LogP contribution in [0.1, 0.15) is 33.1 Å². The number of hydrogen-bond donors (Lipinski definition) is 0. The molecular weight excluding hydrogens is 112 g/mol. The highest BCUT2D eigenvalue weighted by Crippen LogP contribution is 2.06. The monoisotopic (exact) mass is 126 g/mol. The minimum atomic E-state index is 0.870. The minimum absolute atomic E-state index is 0.870. The van der Waals surface area contributed by atoms with E-state index in [1.807, 2.05) is 0 Å². The highest BCUT2D eigenvalue weighted by molar-refractivity contribution is 5.65. The van der Waals surface area contributed by atoms with Gasteiger partial charge in [-0.3, -0.25) is 4.79 Å². The SMILES string of the molecule is CCC/C(=C/C=O)CC. The Balaban J connectivity index is 3.66. The summed E-state index contributed by atoms with van der Waals surface area (Å²) < 4.78 is 0. The maximum absolute atomic E-state index is 9.97. The van der Waals surface area contributed by atoms with Crippen LogP contribution in [0.4, 0.5) is 0 Å². The van der Waals surface area contributed by atoms with Crippen molar-refractivity contribution in [3.05, 3.63) is 11.6 Å². The molecule has 0 N–H and O–H groups in total. The third kappa shape index (κ3) is 3.95. The standard InChI is InChI=1S/C8H14O/c1-3-5-8(4-2)6-7-9/h6-7H,3-5H2,1-2H3/b8-6+.